The molecule has 22 heteroatoms. The number of benzene rings is 2. The normalized spacial score (nSPS) is 11.5. The number of hydrogen-bond acceptors (Lipinski definition) is 17. The van der Waals surface area contributed by atoms with Gasteiger partial charge in [-0.1, -0.05) is 18.2 Å². The third kappa shape index (κ3) is 34.8. The minimum atomic E-state index is -4.49. The largest absolute Gasteiger partial charge is 0.481 e. The third-order valence-electron chi connectivity index (χ3n) is 8.52. The van der Waals surface area contributed by atoms with Crippen LogP contribution in [0.25, 0.3) is 0 Å². The Labute approximate surface area is 390 Å². The Morgan fingerprint density at radius 2 is 0.866 bits per heavy atom. The van der Waals surface area contributed by atoms with Crippen LogP contribution in [0, 0.1) is 0 Å². The molecule has 0 aromatic heterocycles. The van der Waals surface area contributed by atoms with Crippen LogP contribution in [0.1, 0.15) is 35.2 Å². The van der Waals surface area contributed by atoms with Crippen LogP contribution in [0.15, 0.2) is 48.5 Å². The van der Waals surface area contributed by atoms with E-state index < -0.39 is 23.7 Å². The van der Waals surface area contributed by atoms with Crippen LogP contribution in [0.3, 0.4) is 0 Å². The summed E-state index contributed by atoms with van der Waals surface area (Å²) in [5, 5.41) is 14.0. The molecule has 19 nitrogen and oxygen atoms in total. The van der Waals surface area contributed by atoms with Crippen molar-refractivity contribution in [2.45, 2.75) is 25.4 Å². The van der Waals surface area contributed by atoms with Gasteiger partial charge >= 0.3 is 18.1 Å². The molecule has 0 saturated carbocycles. The number of carboxylic acids is 1. The number of carbonyl (C=O) groups excluding carboxylic acids is 2. The number of esters is 1. The first-order valence-corrected chi connectivity index (χ1v) is 22.3. The molecule has 382 valence electrons. The number of amides is 1. The highest BCUT2D eigenvalue weighted by Gasteiger charge is 2.30. The molecule has 2 aromatic carbocycles. The number of alkyl halides is 3. The van der Waals surface area contributed by atoms with Gasteiger partial charge in [-0.3, -0.25) is 9.59 Å². The summed E-state index contributed by atoms with van der Waals surface area (Å²) >= 11 is 0. The molecule has 0 saturated heterocycles. The number of hydrogen-bond donors (Lipinski definition) is 3. The van der Waals surface area contributed by atoms with E-state index in [1.54, 1.807) is 18.2 Å². The lowest BCUT2D eigenvalue weighted by Gasteiger charge is -2.13. The first-order chi connectivity index (χ1) is 32.7. The van der Waals surface area contributed by atoms with Gasteiger partial charge in [0.25, 0.3) is 0 Å². The van der Waals surface area contributed by atoms with Crippen molar-refractivity contribution < 1.29 is 94.2 Å². The summed E-state index contributed by atoms with van der Waals surface area (Å²) in [5.41, 5.74) is -0.121. The quantitative estimate of drug-likeness (QED) is 0.0627. The summed E-state index contributed by atoms with van der Waals surface area (Å²) in [6.07, 6.45) is -4.05. The topological polar surface area (TPSA) is 215 Å². The van der Waals surface area contributed by atoms with Crippen molar-refractivity contribution in [3.63, 3.8) is 0 Å². The fourth-order valence-electron chi connectivity index (χ4n) is 5.20. The van der Waals surface area contributed by atoms with E-state index in [2.05, 4.69) is 10.6 Å². The van der Waals surface area contributed by atoms with E-state index in [4.69, 9.17) is 66.7 Å². The lowest BCUT2D eigenvalue weighted by atomic mass is 10.1. The Hall–Kier alpha value is -4.04. The number of rotatable bonds is 46. The smallest absolute Gasteiger partial charge is 0.416 e. The van der Waals surface area contributed by atoms with Gasteiger partial charge in [0, 0.05) is 25.3 Å². The standard InChI is InChI=1S/C45H69F3N2O17/c46-45(47,48)38-5-3-6-39(37-38)50-41-8-2-1-7-40(41)44(54)67-36-35-66-34-33-65-32-31-64-30-29-63-28-27-62-26-25-61-24-23-60-22-21-59-20-19-58-18-17-57-16-15-56-14-13-55-12-4-11-49-42(51)9-10-43(52)53/h1-3,5-8,37,50H,4,9-36H2,(H,49,51)(H,52,53). The number of anilines is 2. The second-order valence-electron chi connectivity index (χ2n) is 13.8. The summed E-state index contributed by atoms with van der Waals surface area (Å²) in [5.74, 6) is -1.91. The fraction of sp³-hybridized carbons (Fsp3) is 0.667. The predicted octanol–water partition coefficient (Wildman–Crippen LogP) is 4.18. The molecule has 1 amide bonds. The van der Waals surface area contributed by atoms with Crippen molar-refractivity contribution in [2.24, 2.45) is 0 Å². The van der Waals surface area contributed by atoms with Crippen molar-refractivity contribution in [3.05, 3.63) is 59.7 Å². The molecule has 2 aromatic rings. The van der Waals surface area contributed by atoms with Gasteiger partial charge in [0.15, 0.2) is 0 Å². The Morgan fingerprint density at radius 1 is 0.478 bits per heavy atom. The molecule has 0 heterocycles. The molecule has 0 bridgehead atoms. The second kappa shape index (κ2) is 41.0. The van der Waals surface area contributed by atoms with Gasteiger partial charge < -0.3 is 77.3 Å². The number of para-hydroxylation sites is 1. The molecule has 3 N–H and O–H groups in total. The highest BCUT2D eigenvalue weighted by Crippen LogP contribution is 2.32. The van der Waals surface area contributed by atoms with E-state index in [1.165, 1.54) is 18.2 Å². The molecule has 0 radical (unpaired) electrons. The van der Waals surface area contributed by atoms with Gasteiger partial charge in [0.1, 0.15) is 6.61 Å². The molecular weight excluding hydrogens is 897 g/mol. The van der Waals surface area contributed by atoms with Gasteiger partial charge in [-0.05, 0) is 36.8 Å². The molecule has 2 rings (SSSR count). The summed E-state index contributed by atoms with van der Waals surface area (Å²) in [7, 11) is 0. The van der Waals surface area contributed by atoms with E-state index in [1.807, 2.05) is 0 Å². The molecule has 0 unspecified atom stereocenters. The van der Waals surface area contributed by atoms with Crippen LogP contribution in [-0.4, -0.2) is 195 Å². The maximum atomic E-state index is 13.1. The molecule has 0 aliphatic heterocycles. The monoisotopic (exact) mass is 966 g/mol. The Balaban J connectivity index is 1.21. The summed E-state index contributed by atoms with van der Waals surface area (Å²) in [4.78, 5) is 34.4. The van der Waals surface area contributed by atoms with Crippen LogP contribution >= 0.6 is 0 Å². The lowest BCUT2D eigenvalue weighted by molar-refractivity contribution is -0.139. The summed E-state index contributed by atoms with van der Waals surface area (Å²) in [6.45, 7) is 10.4. The number of aliphatic carboxylic acids is 1. The zero-order valence-electron chi connectivity index (χ0n) is 38.2. The van der Waals surface area contributed by atoms with Gasteiger partial charge in [-0.15, -0.1) is 0 Å². The van der Waals surface area contributed by atoms with Gasteiger partial charge in [0.05, 0.1) is 175 Å². The van der Waals surface area contributed by atoms with E-state index in [9.17, 15) is 27.6 Å². The maximum Gasteiger partial charge on any atom is 0.416 e. The van der Waals surface area contributed by atoms with Crippen molar-refractivity contribution in [1.29, 1.82) is 0 Å². The van der Waals surface area contributed by atoms with Crippen molar-refractivity contribution in [3.8, 4) is 0 Å². The number of nitrogens with one attached hydrogen (secondary N) is 2. The zero-order valence-corrected chi connectivity index (χ0v) is 38.2. The minimum absolute atomic E-state index is 0.0127. The van der Waals surface area contributed by atoms with Gasteiger partial charge in [-0.25, -0.2) is 4.79 Å². The SMILES string of the molecule is O=C(O)CCC(=O)NCCCOCCOCCOCCOCCOCCOCCOCCOCCOCCOCCOCCOCCOC(=O)c1ccccc1Nc1cccc(C(F)(F)F)c1. The van der Waals surface area contributed by atoms with Gasteiger partial charge in [-0.2, -0.15) is 13.2 Å². The molecule has 0 aliphatic carbocycles. The van der Waals surface area contributed by atoms with E-state index in [-0.39, 0.29) is 49.8 Å². The lowest BCUT2D eigenvalue weighted by Crippen LogP contribution is -2.25. The van der Waals surface area contributed by atoms with Gasteiger partial charge in [0.2, 0.25) is 5.91 Å². The average molecular weight is 967 g/mol. The molecule has 0 aliphatic rings. The van der Waals surface area contributed by atoms with Crippen LogP contribution in [-0.2, 0) is 77.3 Å². The summed E-state index contributed by atoms with van der Waals surface area (Å²) in [6, 6.07) is 11.1. The highest BCUT2D eigenvalue weighted by atomic mass is 19.4. The van der Waals surface area contributed by atoms with Crippen molar-refractivity contribution in [2.75, 3.05) is 177 Å². The number of carboxylic acid groups (broad SMARTS) is 1. The van der Waals surface area contributed by atoms with E-state index >= 15 is 0 Å². The van der Waals surface area contributed by atoms with Crippen molar-refractivity contribution in [1.82, 2.24) is 5.32 Å². The van der Waals surface area contributed by atoms with Crippen LogP contribution in [0.2, 0.25) is 0 Å². The fourth-order valence-corrected chi connectivity index (χ4v) is 5.20. The van der Waals surface area contributed by atoms with Crippen LogP contribution < -0.4 is 10.6 Å². The molecule has 0 spiro atoms. The Morgan fingerprint density at radius 3 is 1.27 bits per heavy atom. The maximum absolute atomic E-state index is 13.1. The number of carbonyl (C=O) groups is 3. The molecular formula is C45H69F3N2O17. The van der Waals surface area contributed by atoms with Crippen molar-refractivity contribution >= 4 is 29.2 Å². The Bertz CT molecular complexity index is 1550. The number of halogens is 3. The Kier molecular flexibility index (Phi) is 36.1. The van der Waals surface area contributed by atoms with E-state index in [0.29, 0.717) is 164 Å². The molecule has 0 fully saturated rings. The van der Waals surface area contributed by atoms with Crippen LogP contribution in [0.4, 0.5) is 24.5 Å². The van der Waals surface area contributed by atoms with E-state index in [0.717, 1.165) is 12.1 Å². The number of ether oxygens (including phenoxy) is 13. The third-order valence-corrected chi connectivity index (χ3v) is 8.52. The summed E-state index contributed by atoms with van der Waals surface area (Å²) < 4.78 is 110. The highest BCUT2D eigenvalue weighted by molar-refractivity contribution is 5.96. The zero-order chi connectivity index (χ0) is 48.3. The molecule has 0 atom stereocenters. The average Bonchev–Trinajstić information content (AvgIpc) is 3.31. The predicted molar refractivity (Wildman–Crippen MR) is 236 cm³/mol. The first kappa shape index (κ1) is 59.1. The first-order valence-electron chi connectivity index (χ1n) is 22.3. The van der Waals surface area contributed by atoms with Crippen LogP contribution in [0.5, 0.6) is 0 Å². The molecule has 67 heavy (non-hydrogen) atoms. The second-order valence-corrected chi connectivity index (χ2v) is 13.8. The minimum Gasteiger partial charge on any atom is -0.481 e.